The van der Waals surface area contributed by atoms with E-state index < -0.39 is 0 Å². The number of nitrogens with one attached hydrogen (secondary N) is 1. The van der Waals surface area contributed by atoms with Gasteiger partial charge in [0.05, 0.1) is 26.4 Å². The molecule has 30 heavy (non-hydrogen) atoms. The highest BCUT2D eigenvalue weighted by molar-refractivity contribution is 5.90. The van der Waals surface area contributed by atoms with Crippen LogP contribution < -0.4 is 14.8 Å². The van der Waals surface area contributed by atoms with Crippen molar-refractivity contribution in [2.75, 3.05) is 38.8 Å². The summed E-state index contributed by atoms with van der Waals surface area (Å²) in [4.78, 5) is 15.3. The molecule has 6 nitrogen and oxygen atoms in total. The first-order chi connectivity index (χ1) is 14.7. The lowest BCUT2D eigenvalue weighted by molar-refractivity contribution is 0.0644. The van der Waals surface area contributed by atoms with Crippen LogP contribution in [0, 0.1) is 17.8 Å². The van der Waals surface area contributed by atoms with Crippen LogP contribution in [0.3, 0.4) is 0 Å². The van der Waals surface area contributed by atoms with Gasteiger partial charge in [-0.1, -0.05) is 24.3 Å². The number of hydrogen-bond donors (Lipinski definition) is 1. The van der Waals surface area contributed by atoms with Crippen LogP contribution >= 0.6 is 0 Å². The van der Waals surface area contributed by atoms with Crippen LogP contribution in [0.2, 0.25) is 0 Å². The highest BCUT2D eigenvalue weighted by Gasteiger charge is 2.48. The maximum absolute atomic E-state index is 13.3. The molecule has 2 aromatic carbocycles. The van der Waals surface area contributed by atoms with Crippen LogP contribution in [0.1, 0.15) is 24.4 Å². The van der Waals surface area contributed by atoms with Gasteiger partial charge in [-0.3, -0.25) is 0 Å². The molecule has 2 heterocycles. The molecule has 1 saturated heterocycles. The molecule has 0 radical (unpaired) electrons. The number of ether oxygens (including phenoxy) is 3. The van der Waals surface area contributed by atoms with E-state index in [0.717, 1.165) is 35.3 Å². The average Bonchev–Trinajstić information content (AvgIpc) is 3.52. The maximum atomic E-state index is 13.3. The normalized spacial score (nSPS) is 24.6. The lowest BCUT2D eigenvalue weighted by atomic mass is 9.86. The van der Waals surface area contributed by atoms with E-state index in [1.165, 1.54) is 12.8 Å². The number of urea groups is 1. The summed E-state index contributed by atoms with van der Waals surface area (Å²) in [5.74, 6) is 2.82. The summed E-state index contributed by atoms with van der Waals surface area (Å²) in [6, 6.07) is 15.4. The number of carbonyl (C=O) groups is 1. The zero-order valence-corrected chi connectivity index (χ0v) is 17.3. The highest BCUT2D eigenvalue weighted by atomic mass is 16.5. The molecule has 0 aromatic heterocycles. The first-order valence-electron chi connectivity index (χ1n) is 10.7. The topological polar surface area (TPSA) is 60.0 Å². The molecule has 5 rings (SSSR count). The van der Waals surface area contributed by atoms with Crippen molar-refractivity contribution in [2.45, 2.75) is 18.9 Å². The maximum Gasteiger partial charge on any atom is 0.322 e. The Balaban J connectivity index is 1.37. The first-order valence-corrected chi connectivity index (χ1v) is 10.7. The number of nitrogens with zero attached hydrogens (tertiary/aromatic N) is 1. The molecule has 2 aromatic rings. The predicted octanol–water partition coefficient (Wildman–Crippen LogP) is 4.34. The Bertz CT molecular complexity index is 914. The number of amides is 2. The summed E-state index contributed by atoms with van der Waals surface area (Å²) in [5, 5.41) is 3.05. The Hall–Kier alpha value is -2.73. The SMILES string of the molecule is COc1cccc(NC(=O)N2C[C@@H](COCC3CC3)[C@@H]3COc4ccccc4[C@@H]32)c1. The molecule has 1 N–H and O–H groups in total. The smallest absolute Gasteiger partial charge is 0.322 e. The molecular weight excluding hydrogens is 380 g/mol. The van der Waals surface area contributed by atoms with Gasteiger partial charge in [-0.05, 0) is 37.0 Å². The van der Waals surface area contributed by atoms with Crippen LogP contribution in [0.5, 0.6) is 11.5 Å². The summed E-state index contributed by atoms with van der Waals surface area (Å²) in [7, 11) is 1.62. The van der Waals surface area contributed by atoms with Crippen LogP contribution in [0.4, 0.5) is 10.5 Å². The molecule has 1 saturated carbocycles. The number of likely N-dealkylation sites (tertiary alicyclic amines) is 1. The fraction of sp³-hybridized carbons (Fsp3) is 0.458. The standard InChI is InChI=1S/C24H28N2O4/c1-28-19-6-4-5-18(11-19)25-24(27)26-12-17(14-29-13-16-9-10-16)21-15-30-22-8-3-2-7-20(22)23(21)26/h2-8,11,16-17,21,23H,9-10,12-15H2,1H3,(H,25,27)/t17-,21-,23-/m0/s1. The number of hydrogen-bond acceptors (Lipinski definition) is 4. The molecular formula is C24H28N2O4. The minimum absolute atomic E-state index is 0.00455. The van der Waals surface area contributed by atoms with Gasteiger partial charge in [-0.25, -0.2) is 4.79 Å². The summed E-state index contributed by atoms with van der Waals surface area (Å²) < 4.78 is 17.4. The van der Waals surface area contributed by atoms with Gasteiger partial charge in [0.25, 0.3) is 0 Å². The molecule has 2 fully saturated rings. The van der Waals surface area contributed by atoms with Gasteiger partial charge in [0, 0.05) is 42.3 Å². The van der Waals surface area contributed by atoms with Crippen LogP contribution in [-0.2, 0) is 4.74 Å². The van der Waals surface area contributed by atoms with Crippen LogP contribution in [0.15, 0.2) is 48.5 Å². The van der Waals surface area contributed by atoms with E-state index in [2.05, 4.69) is 11.4 Å². The van der Waals surface area contributed by atoms with Crippen molar-refractivity contribution >= 4 is 11.7 Å². The number of fused-ring (bicyclic) bond motifs is 3. The minimum atomic E-state index is -0.0975. The fourth-order valence-electron chi connectivity index (χ4n) is 4.61. The number of benzene rings is 2. The van der Waals surface area contributed by atoms with Crippen molar-refractivity contribution < 1.29 is 19.0 Å². The summed E-state index contributed by atoms with van der Waals surface area (Å²) in [6.45, 7) is 2.78. The van der Waals surface area contributed by atoms with Gasteiger partial charge in [-0.2, -0.15) is 0 Å². The van der Waals surface area contributed by atoms with E-state index in [-0.39, 0.29) is 23.9 Å². The second-order valence-electron chi connectivity index (χ2n) is 8.51. The molecule has 0 unspecified atom stereocenters. The Morgan fingerprint density at radius 2 is 2.03 bits per heavy atom. The number of methoxy groups -OCH3 is 1. The fourth-order valence-corrected chi connectivity index (χ4v) is 4.61. The number of para-hydroxylation sites is 1. The van der Waals surface area contributed by atoms with Gasteiger partial charge in [-0.15, -0.1) is 0 Å². The van der Waals surface area contributed by atoms with E-state index in [1.54, 1.807) is 7.11 Å². The van der Waals surface area contributed by atoms with E-state index in [0.29, 0.717) is 19.8 Å². The number of rotatable bonds is 6. The Kier molecular flexibility index (Phi) is 5.25. The zero-order valence-electron chi connectivity index (χ0n) is 17.3. The molecule has 2 aliphatic heterocycles. The lowest BCUT2D eigenvalue weighted by Gasteiger charge is -2.34. The monoisotopic (exact) mass is 408 g/mol. The van der Waals surface area contributed by atoms with Gasteiger partial charge in [0.15, 0.2) is 0 Å². The van der Waals surface area contributed by atoms with E-state index in [9.17, 15) is 4.79 Å². The second-order valence-corrected chi connectivity index (χ2v) is 8.51. The number of carbonyl (C=O) groups excluding carboxylic acids is 1. The van der Waals surface area contributed by atoms with Crippen molar-refractivity contribution in [3.05, 3.63) is 54.1 Å². The van der Waals surface area contributed by atoms with E-state index >= 15 is 0 Å². The summed E-state index contributed by atoms with van der Waals surface area (Å²) >= 11 is 0. The van der Waals surface area contributed by atoms with Crippen molar-refractivity contribution in [3.8, 4) is 11.5 Å². The predicted molar refractivity (Wildman–Crippen MR) is 114 cm³/mol. The average molecular weight is 408 g/mol. The van der Waals surface area contributed by atoms with E-state index in [1.807, 2.05) is 47.4 Å². The molecule has 1 aliphatic carbocycles. The Morgan fingerprint density at radius 3 is 2.87 bits per heavy atom. The Morgan fingerprint density at radius 1 is 1.17 bits per heavy atom. The van der Waals surface area contributed by atoms with E-state index in [4.69, 9.17) is 14.2 Å². The quantitative estimate of drug-likeness (QED) is 0.773. The highest BCUT2D eigenvalue weighted by Crippen LogP contribution is 2.47. The molecule has 2 amide bonds. The summed E-state index contributed by atoms with van der Waals surface area (Å²) in [6.07, 6.45) is 2.56. The molecule has 158 valence electrons. The third-order valence-electron chi connectivity index (χ3n) is 6.41. The molecule has 0 spiro atoms. The van der Waals surface area contributed by atoms with Crippen molar-refractivity contribution in [2.24, 2.45) is 17.8 Å². The van der Waals surface area contributed by atoms with Gasteiger partial charge >= 0.3 is 6.03 Å². The van der Waals surface area contributed by atoms with Crippen molar-refractivity contribution in [1.82, 2.24) is 4.90 Å². The lowest BCUT2D eigenvalue weighted by Crippen LogP contribution is -2.38. The third-order valence-corrected chi connectivity index (χ3v) is 6.41. The molecule has 6 heteroatoms. The molecule has 0 bridgehead atoms. The Labute approximate surface area is 177 Å². The molecule has 3 atom stereocenters. The first kappa shape index (κ1) is 19.2. The van der Waals surface area contributed by atoms with Crippen LogP contribution in [-0.4, -0.2) is 44.4 Å². The largest absolute Gasteiger partial charge is 0.497 e. The van der Waals surface area contributed by atoms with Gasteiger partial charge < -0.3 is 24.4 Å². The van der Waals surface area contributed by atoms with Gasteiger partial charge in [0.2, 0.25) is 0 Å². The van der Waals surface area contributed by atoms with Crippen LogP contribution in [0.25, 0.3) is 0 Å². The number of anilines is 1. The molecule has 3 aliphatic rings. The minimum Gasteiger partial charge on any atom is -0.497 e. The zero-order chi connectivity index (χ0) is 20.5. The summed E-state index contributed by atoms with van der Waals surface area (Å²) in [5.41, 5.74) is 1.81. The van der Waals surface area contributed by atoms with Crippen molar-refractivity contribution in [1.29, 1.82) is 0 Å². The van der Waals surface area contributed by atoms with Gasteiger partial charge in [0.1, 0.15) is 11.5 Å². The third kappa shape index (κ3) is 3.84. The second kappa shape index (κ2) is 8.19. The van der Waals surface area contributed by atoms with Crippen molar-refractivity contribution in [3.63, 3.8) is 0 Å².